The molecule has 0 spiro atoms. The first-order chi connectivity index (χ1) is 14.6. The van der Waals surface area contributed by atoms with E-state index >= 15 is 0 Å². The molecule has 2 aliphatic rings. The first-order valence-corrected chi connectivity index (χ1v) is 9.82. The van der Waals surface area contributed by atoms with Crippen molar-refractivity contribution in [2.75, 3.05) is 26.1 Å². The van der Waals surface area contributed by atoms with E-state index in [4.69, 9.17) is 18.6 Å². The first-order valence-electron chi connectivity index (χ1n) is 9.82. The number of carbonyl (C=O) groups excluding carboxylic acids is 1. The Morgan fingerprint density at radius 1 is 1.13 bits per heavy atom. The summed E-state index contributed by atoms with van der Waals surface area (Å²) in [5.74, 6) is 0.270. The zero-order chi connectivity index (χ0) is 20.8. The van der Waals surface area contributed by atoms with Crippen molar-refractivity contribution in [1.29, 1.82) is 0 Å². The predicted octanol–water partition coefficient (Wildman–Crippen LogP) is 3.83. The number of nitrogens with one attached hydrogen (secondary N) is 1. The molecule has 0 radical (unpaired) electrons. The Morgan fingerprint density at radius 2 is 1.93 bits per heavy atom. The summed E-state index contributed by atoms with van der Waals surface area (Å²) in [6.45, 7) is 0.610. The molecule has 2 aromatic carbocycles. The third-order valence-corrected chi connectivity index (χ3v) is 6.00. The van der Waals surface area contributed by atoms with Gasteiger partial charge >= 0.3 is 11.6 Å². The predicted molar refractivity (Wildman–Crippen MR) is 110 cm³/mol. The van der Waals surface area contributed by atoms with Crippen LogP contribution in [0.25, 0.3) is 11.0 Å². The average molecular weight is 407 g/mol. The van der Waals surface area contributed by atoms with Crippen LogP contribution >= 0.6 is 0 Å². The van der Waals surface area contributed by atoms with Gasteiger partial charge in [-0.15, -0.1) is 0 Å². The fourth-order valence-electron chi connectivity index (χ4n) is 4.60. The zero-order valence-corrected chi connectivity index (χ0v) is 16.6. The number of ether oxygens (including phenoxy) is 3. The number of fused-ring (bicyclic) bond motifs is 5. The third kappa shape index (κ3) is 2.77. The molecule has 154 valence electrons. The maximum atomic E-state index is 12.9. The van der Waals surface area contributed by atoms with Crippen LogP contribution in [0.4, 0.5) is 5.69 Å². The molecule has 5 rings (SSSR count). The molecule has 1 N–H and O–H groups in total. The number of benzene rings is 2. The van der Waals surface area contributed by atoms with Crippen LogP contribution in [0.15, 0.2) is 51.7 Å². The van der Waals surface area contributed by atoms with Crippen LogP contribution in [-0.2, 0) is 9.47 Å². The Hall–Kier alpha value is -3.32. The highest BCUT2D eigenvalue weighted by molar-refractivity contribution is 5.90. The molecule has 2 aliphatic heterocycles. The smallest absolute Gasteiger partial charge is 0.360 e. The molecule has 3 atom stereocenters. The van der Waals surface area contributed by atoms with E-state index in [1.165, 1.54) is 7.11 Å². The molecule has 0 saturated carbocycles. The highest BCUT2D eigenvalue weighted by Crippen LogP contribution is 2.51. The zero-order valence-electron chi connectivity index (χ0n) is 16.6. The highest BCUT2D eigenvalue weighted by atomic mass is 16.5. The number of hydrogen-bond acceptors (Lipinski definition) is 7. The maximum absolute atomic E-state index is 12.9. The Labute approximate surface area is 172 Å². The van der Waals surface area contributed by atoms with Crippen LogP contribution in [0, 0.1) is 5.92 Å². The second kappa shape index (κ2) is 7.18. The first kappa shape index (κ1) is 18.7. The Balaban J connectivity index is 1.63. The van der Waals surface area contributed by atoms with E-state index in [9.17, 15) is 9.59 Å². The van der Waals surface area contributed by atoms with Gasteiger partial charge in [-0.1, -0.05) is 24.3 Å². The van der Waals surface area contributed by atoms with Gasteiger partial charge in [0.1, 0.15) is 5.69 Å². The Kier molecular flexibility index (Phi) is 4.47. The largest absolute Gasteiger partial charge is 0.493 e. The lowest BCUT2D eigenvalue weighted by atomic mass is 9.80. The summed E-state index contributed by atoms with van der Waals surface area (Å²) in [5.41, 5.74) is 2.67. The molecule has 1 aromatic heterocycles. The molecule has 30 heavy (non-hydrogen) atoms. The molecular weight excluding hydrogens is 386 g/mol. The summed E-state index contributed by atoms with van der Waals surface area (Å²) in [4.78, 5) is 24.6. The van der Waals surface area contributed by atoms with Gasteiger partial charge in [0.15, 0.2) is 11.3 Å². The molecule has 0 amide bonds. The molecule has 7 nitrogen and oxygen atoms in total. The standard InChI is InChI=1S/C23H21NO6/c1-27-16-5-3-4-14-17-19(23(26)30-20(14)16)24-18(15-10-11-29-21(15)17)12-6-8-13(9-7-12)22(25)28-2/h3-9,15,18,21,24H,10-11H2,1-2H3/t15-,18-,21-/m0/s1. The van der Waals surface area contributed by atoms with Gasteiger partial charge in [0.25, 0.3) is 0 Å². The third-order valence-electron chi connectivity index (χ3n) is 6.00. The lowest BCUT2D eigenvalue weighted by Gasteiger charge is -2.36. The van der Waals surface area contributed by atoms with Gasteiger partial charge in [-0.25, -0.2) is 9.59 Å². The van der Waals surface area contributed by atoms with Crippen molar-refractivity contribution in [1.82, 2.24) is 0 Å². The fourth-order valence-corrected chi connectivity index (χ4v) is 4.60. The van der Waals surface area contributed by atoms with E-state index in [0.717, 1.165) is 22.9 Å². The molecule has 0 aliphatic carbocycles. The van der Waals surface area contributed by atoms with Crippen molar-refractivity contribution in [3.05, 3.63) is 69.6 Å². The van der Waals surface area contributed by atoms with Gasteiger partial charge < -0.3 is 23.9 Å². The van der Waals surface area contributed by atoms with Gasteiger partial charge in [-0.3, -0.25) is 0 Å². The maximum Gasteiger partial charge on any atom is 0.360 e. The summed E-state index contributed by atoms with van der Waals surface area (Å²) in [5, 5.41) is 4.21. The molecule has 3 aromatic rings. The summed E-state index contributed by atoms with van der Waals surface area (Å²) in [6.07, 6.45) is 0.622. The lowest BCUT2D eigenvalue weighted by molar-refractivity contribution is 0.0600. The Bertz CT molecular complexity index is 1180. The van der Waals surface area contributed by atoms with Crippen LogP contribution < -0.4 is 15.7 Å². The quantitative estimate of drug-likeness (QED) is 0.521. The van der Waals surface area contributed by atoms with E-state index in [-0.39, 0.29) is 24.0 Å². The van der Waals surface area contributed by atoms with E-state index in [0.29, 0.717) is 29.2 Å². The van der Waals surface area contributed by atoms with Gasteiger partial charge in [-0.05, 0) is 30.2 Å². The van der Waals surface area contributed by atoms with Crippen molar-refractivity contribution in [2.24, 2.45) is 5.92 Å². The summed E-state index contributed by atoms with van der Waals surface area (Å²) in [6, 6.07) is 12.7. The average Bonchev–Trinajstić information content (AvgIpc) is 3.27. The summed E-state index contributed by atoms with van der Waals surface area (Å²) >= 11 is 0. The van der Waals surface area contributed by atoms with Gasteiger partial charge in [0, 0.05) is 23.5 Å². The molecule has 3 heterocycles. The van der Waals surface area contributed by atoms with Crippen molar-refractivity contribution in [3.8, 4) is 5.75 Å². The van der Waals surface area contributed by atoms with Crippen LogP contribution in [0.3, 0.4) is 0 Å². The number of carbonyl (C=O) groups is 1. The van der Waals surface area contributed by atoms with Crippen LogP contribution in [0.5, 0.6) is 5.75 Å². The molecule has 1 saturated heterocycles. The van der Waals surface area contributed by atoms with Crippen LogP contribution in [0.1, 0.15) is 40.1 Å². The SMILES string of the molecule is COC(=O)c1ccc([C@@H]2Nc3c(c4cccc(OC)c4oc3=O)[C@H]3OCC[C@H]32)cc1. The second-order valence-corrected chi connectivity index (χ2v) is 7.49. The van der Waals surface area contributed by atoms with Crippen molar-refractivity contribution in [2.45, 2.75) is 18.6 Å². The Morgan fingerprint density at radius 3 is 2.67 bits per heavy atom. The molecule has 0 bridgehead atoms. The van der Waals surface area contributed by atoms with Crippen molar-refractivity contribution >= 4 is 22.6 Å². The summed E-state index contributed by atoms with van der Waals surface area (Å²) < 4.78 is 21.9. The second-order valence-electron chi connectivity index (χ2n) is 7.49. The summed E-state index contributed by atoms with van der Waals surface area (Å²) in [7, 11) is 2.91. The number of anilines is 1. The van der Waals surface area contributed by atoms with Crippen LogP contribution in [-0.4, -0.2) is 26.8 Å². The number of hydrogen-bond donors (Lipinski definition) is 1. The minimum atomic E-state index is -0.452. The number of methoxy groups -OCH3 is 2. The van der Waals surface area contributed by atoms with Crippen LogP contribution in [0.2, 0.25) is 0 Å². The van der Waals surface area contributed by atoms with Crippen molar-refractivity contribution < 1.29 is 23.4 Å². The van der Waals surface area contributed by atoms with Crippen molar-refractivity contribution in [3.63, 3.8) is 0 Å². The molecular formula is C23H21NO6. The fraction of sp³-hybridized carbons (Fsp3) is 0.304. The molecule has 1 fully saturated rings. The van der Waals surface area contributed by atoms with Gasteiger partial charge in [-0.2, -0.15) is 0 Å². The molecule has 0 unspecified atom stereocenters. The van der Waals surface area contributed by atoms with E-state index in [1.54, 1.807) is 25.3 Å². The molecule has 7 heteroatoms. The number of para-hydroxylation sites is 1. The van der Waals surface area contributed by atoms with E-state index in [1.807, 2.05) is 24.3 Å². The number of rotatable bonds is 3. The lowest BCUT2D eigenvalue weighted by Crippen LogP contribution is -2.32. The van der Waals surface area contributed by atoms with Gasteiger partial charge in [0.05, 0.1) is 31.9 Å². The van der Waals surface area contributed by atoms with E-state index < -0.39 is 5.63 Å². The highest BCUT2D eigenvalue weighted by Gasteiger charge is 2.44. The number of esters is 1. The monoisotopic (exact) mass is 407 g/mol. The normalized spacial score (nSPS) is 22.1. The minimum absolute atomic E-state index is 0.136. The van der Waals surface area contributed by atoms with E-state index in [2.05, 4.69) is 5.32 Å². The topological polar surface area (TPSA) is 87.0 Å². The van der Waals surface area contributed by atoms with Gasteiger partial charge in [0.2, 0.25) is 0 Å². The minimum Gasteiger partial charge on any atom is -0.493 e.